The Bertz CT molecular complexity index is 356. The van der Waals surface area contributed by atoms with Crippen molar-refractivity contribution in [3.05, 3.63) is 12.7 Å². The highest BCUT2D eigenvalue weighted by molar-refractivity contribution is 5.85. The molecule has 2 heterocycles. The maximum absolute atomic E-state index is 5.47. The number of nitrogens with two attached hydrogens (primary N) is 1. The number of nitrogens with zero attached hydrogens (tertiary/aromatic N) is 3. The maximum atomic E-state index is 5.47. The number of halogens is 1. The molecule has 0 fully saturated rings. The average molecular weight is 172 g/mol. The number of H-pyrrole nitrogens is 1. The van der Waals surface area contributed by atoms with Gasteiger partial charge < -0.3 is 10.7 Å². The number of fused-ring (bicyclic) bond motifs is 1. The second-order valence-corrected chi connectivity index (χ2v) is 1.86. The number of rotatable bonds is 0. The van der Waals surface area contributed by atoms with Gasteiger partial charge in [0.15, 0.2) is 11.5 Å². The van der Waals surface area contributed by atoms with Crippen molar-refractivity contribution < 1.29 is 0 Å². The van der Waals surface area contributed by atoms with Gasteiger partial charge in [-0.05, 0) is 0 Å². The summed E-state index contributed by atoms with van der Waals surface area (Å²) in [6.07, 6.45) is 2.94. The van der Waals surface area contributed by atoms with E-state index >= 15 is 0 Å². The predicted octanol–water partition coefficient (Wildman–Crippen LogP) is 0.357. The van der Waals surface area contributed by atoms with Gasteiger partial charge in [0, 0.05) is 0 Å². The molecule has 11 heavy (non-hydrogen) atoms. The first-order chi connectivity index (χ1) is 4.88. The highest BCUT2D eigenvalue weighted by Gasteiger charge is 1.99. The van der Waals surface area contributed by atoms with Crippen LogP contribution in [0, 0.1) is 0 Å². The Morgan fingerprint density at radius 3 is 2.82 bits per heavy atom. The molecule has 2 rings (SSSR count). The first kappa shape index (κ1) is 7.74. The van der Waals surface area contributed by atoms with Crippen molar-refractivity contribution in [3.8, 4) is 0 Å². The first-order valence-corrected chi connectivity index (χ1v) is 2.77. The van der Waals surface area contributed by atoms with E-state index in [2.05, 4.69) is 19.9 Å². The van der Waals surface area contributed by atoms with Crippen LogP contribution >= 0.6 is 12.4 Å². The summed E-state index contributed by atoms with van der Waals surface area (Å²) in [4.78, 5) is 14.4. The summed E-state index contributed by atoms with van der Waals surface area (Å²) in [7, 11) is 0. The molecule has 0 aliphatic rings. The lowest BCUT2D eigenvalue weighted by atomic mass is 10.5. The van der Waals surface area contributed by atoms with E-state index in [1.54, 1.807) is 0 Å². The molecule has 58 valence electrons. The molecule has 0 bridgehead atoms. The SMILES string of the molecule is Cl.Nc1ncnc2[nH]cnc12. The van der Waals surface area contributed by atoms with Crippen LogP contribution in [0.25, 0.3) is 11.2 Å². The minimum absolute atomic E-state index is 0. The van der Waals surface area contributed by atoms with Gasteiger partial charge in [0.25, 0.3) is 0 Å². The van der Waals surface area contributed by atoms with Gasteiger partial charge in [-0.1, -0.05) is 0 Å². The Morgan fingerprint density at radius 2 is 2.09 bits per heavy atom. The summed E-state index contributed by atoms with van der Waals surface area (Å²) >= 11 is 0. The van der Waals surface area contributed by atoms with Crippen LogP contribution in [0.2, 0.25) is 0 Å². The van der Waals surface area contributed by atoms with Crippen molar-refractivity contribution in [2.24, 2.45) is 0 Å². The fourth-order valence-corrected chi connectivity index (χ4v) is 0.783. The second-order valence-electron chi connectivity index (χ2n) is 1.86. The monoisotopic (exact) mass is 171 g/mol. The van der Waals surface area contributed by atoms with E-state index in [9.17, 15) is 0 Å². The summed E-state index contributed by atoms with van der Waals surface area (Å²) in [6.45, 7) is 0. The van der Waals surface area contributed by atoms with Crippen LogP contribution in [-0.2, 0) is 0 Å². The van der Waals surface area contributed by atoms with Crippen LogP contribution in [0.1, 0.15) is 0 Å². The molecular formula is C5H6ClN5. The maximum Gasteiger partial charge on any atom is 0.162 e. The molecule has 0 radical (unpaired) electrons. The highest BCUT2D eigenvalue weighted by Crippen LogP contribution is 2.09. The molecule has 0 aromatic carbocycles. The smallest absolute Gasteiger partial charge is 0.162 e. The highest BCUT2D eigenvalue weighted by atomic mass is 35.5. The van der Waals surface area contributed by atoms with E-state index in [1.807, 2.05) is 0 Å². The summed E-state index contributed by atoms with van der Waals surface area (Å²) in [5.41, 5.74) is 6.77. The quantitative estimate of drug-likeness (QED) is 0.600. The molecule has 5 nitrogen and oxygen atoms in total. The van der Waals surface area contributed by atoms with Gasteiger partial charge >= 0.3 is 0 Å². The fourth-order valence-electron chi connectivity index (χ4n) is 0.783. The average Bonchev–Trinajstić information content (AvgIpc) is 2.36. The summed E-state index contributed by atoms with van der Waals surface area (Å²) in [5.74, 6) is 0.409. The number of anilines is 1. The van der Waals surface area contributed by atoms with E-state index in [4.69, 9.17) is 5.73 Å². The number of hydrogen-bond donors (Lipinski definition) is 2. The molecule has 3 N–H and O–H groups in total. The molecule has 0 unspecified atom stereocenters. The van der Waals surface area contributed by atoms with E-state index in [1.165, 1.54) is 12.7 Å². The van der Waals surface area contributed by atoms with Crippen molar-refractivity contribution in [1.82, 2.24) is 19.9 Å². The van der Waals surface area contributed by atoms with Crippen LogP contribution in [0.5, 0.6) is 0 Å². The van der Waals surface area contributed by atoms with Crippen LogP contribution in [0.3, 0.4) is 0 Å². The van der Waals surface area contributed by atoms with Gasteiger partial charge in [-0.15, -0.1) is 12.4 Å². The normalized spacial score (nSPS) is 9.45. The van der Waals surface area contributed by atoms with Crippen molar-refractivity contribution >= 4 is 29.4 Å². The zero-order valence-corrected chi connectivity index (χ0v) is 6.30. The Balaban J connectivity index is 0.000000605. The Kier molecular flexibility index (Phi) is 1.91. The molecule has 0 spiro atoms. The molecular weight excluding hydrogens is 166 g/mol. The molecule has 0 amide bonds. The fraction of sp³-hybridized carbons (Fsp3) is 0. The van der Waals surface area contributed by atoms with Crippen molar-refractivity contribution in [2.45, 2.75) is 0 Å². The van der Waals surface area contributed by atoms with Gasteiger partial charge in [-0.25, -0.2) is 15.0 Å². The Morgan fingerprint density at radius 1 is 1.27 bits per heavy atom. The molecule has 2 aromatic heterocycles. The number of aromatic amines is 1. The zero-order valence-electron chi connectivity index (χ0n) is 5.48. The third-order valence-electron chi connectivity index (χ3n) is 1.25. The summed E-state index contributed by atoms with van der Waals surface area (Å²) in [6, 6.07) is 0. The summed E-state index contributed by atoms with van der Waals surface area (Å²) in [5, 5.41) is 0. The predicted molar refractivity (Wildman–Crippen MR) is 43.3 cm³/mol. The molecule has 0 saturated carbocycles. The van der Waals surface area contributed by atoms with Crippen LogP contribution in [-0.4, -0.2) is 19.9 Å². The lowest BCUT2D eigenvalue weighted by Gasteiger charge is -1.88. The van der Waals surface area contributed by atoms with Crippen molar-refractivity contribution in [3.63, 3.8) is 0 Å². The lowest BCUT2D eigenvalue weighted by Crippen LogP contribution is -1.91. The molecule has 0 saturated heterocycles. The first-order valence-electron chi connectivity index (χ1n) is 2.77. The van der Waals surface area contributed by atoms with E-state index < -0.39 is 0 Å². The van der Waals surface area contributed by atoms with Gasteiger partial charge in [0.05, 0.1) is 6.33 Å². The van der Waals surface area contributed by atoms with Gasteiger partial charge in [-0.2, -0.15) is 0 Å². The standard InChI is InChI=1S/C5H5N5.ClH/c6-4-3-5(9-1-7-3)10-2-8-4;/h1-2H,(H3,6,7,8,9,10);1H. The number of imidazole rings is 1. The topological polar surface area (TPSA) is 80.5 Å². The van der Waals surface area contributed by atoms with E-state index in [0.29, 0.717) is 17.0 Å². The van der Waals surface area contributed by atoms with Gasteiger partial charge in [-0.3, -0.25) is 0 Å². The molecule has 6 heteroatoms. The van der Waals surface area contributed by atoms with E-state index in [-0.39, 0.29) is 12.4 Å². The third kappa shape index (κ3) is 1.10. The Labute approximate surface area is 68.5 Å². The van der Waals surface area contributed by atoms with Gasteiger partial charge in [0.2, 0.25) is 0 Å². The minimum atomic E-state index is 0. The minimum Gasteiger partial charge on any atom is -0.382 e. The Hall–Kier alpha value is -1.36. The number of aromatic nitrogens is 4. The molecule has 0 atom stereocenters. The molecule has 0 aliphatic carbocycles. The number of nitrogen functional groups attached to an aromatic ring is 1. The molecule has 0 aliphatic heterocycles. The van der Waals surface area contributed by atoms with Crippen LogP contribution in [0.4, 0.5) is 5.82 Å². The number of nitrogens with one attached hydrogen (secondary N) is 1. The summed E-state index contributed by atoms with van der Waals surface area (Å²) < 4.78 is 0. The van der Waals surface area contributed by atoms with Crippen molar-refractivity contribution in [1.29, 1.82) is 0 Å². The third-order valence-corrected chi connectivity index (χ3v) is 1.25. The van der Waals surface area contributed by atoms with Crippen molar-refractivity contribution in [2.75, 3.05) is 5.73 Å². The van der Waals surface area contributed by atoms with E-state index in [0.717, 1.165) is 0 Å². The zero-order chi connectivity index (χ0) is 6.97. The largest absolute Gasteiger partial charge is 0.382 e. The van der Waals surface area contributed by atoms with Gasteiger partial charge in [0.1, 0.15) is 11.8 Å². The second kappa shape index (κ2) is 2.71. The lowest BCUT2D eigenvalue weighted by molar-refractivity contribution is 1.21. The number of hydrogen-bond acceptors (Lipinski definition) is 4. The molecule has 2 aromatic rings. The van der Waals surface area contributed by atoms with Crippen LogP contribution in [0.15, 0.2) is 12.7 Å². The van der Waals surface area contributed by atoms with Crippen LogP contribution < -0.4 is 5.73 Å².